The third-order valence-electron chi connectivity index (χ3n) is 5.09. The maximum Gasteiger partial charge on any atom is 0.309 e. The molecule has 2 amide bonds. The first-order valence-corrected chi connectivity index (χ1v) is 9.91. The molecule has 0 atom stereocenters. The van der Waals surface area contributed by atoms with Crippen LogP contribution in [-0.2, 0) is 14.3 Å². The average Bonchev–Trinajstić information content (AvgIpc) is 3.23. The molecular formula is C21H25FN4O4. The Kier molecular flexibility index (Phi) is 6.81. The molecule has 0 N–H and O–H groups in total. The van der Waals surface area contributed by atoms with Crippen molar-refractivity contribution in [3.05, 3.63) is 48.0 Å². The lowest BCUT2D eigenvalue weighted by molar-refractivity contribution is -0.151. The van der Waals surface area contributed by atoms with Gasteiger partial charge in [0.15, 0.2) is 5.69 Å². The number of nitrogens with zero attached hydrogens (tertiary/aromatic N) is 4. The summed E-state index contributed by atoms with van der Waals surface area (Å²) >= 11 is 0. The van der Waals surface area contributed by atoms with Gasteiger partial charge in [-0.3, -0.25) is 14.4 Å². The monoisotopic (exact) mass is 416 g/mol. The third kappa shape index (κ3) is 4.84. The van der Waals surface area contributed by atoms with Crippen LogP contribution in [0, 0.1) is 11.7 Å². The SMILES string of the molecule is CCOC(=O)C1CCN(C(=O)CN(C)C(=O)c2ccn(-c3ccccc3F)n2)CC1. The number of rotatable bonds is 6. The van der Waals surface area contributed by atoms with E-state index in [1.165, 1.54) is 35.0 Å². The Morgan fingerprint density at radius 2 is 1.90 bits per heavy atom. The molecule has 0 saturated carbocycles. The molecule has 3 rings (SSSR count). The number of carbonyl (C=O) groups is 3. The molecule has 1 saturated heterocycles. The zero-order chi connectivity index (χ0) is 21.7. The summed E-state index contributed by atoms with van der Waals surface area (Å²) in [6.07, 6.45) is 2.60. The Morgan fingerprint density at radius 1 is 1.20 bits per heavy atom. The summed E-state index contributed by atoms with van der Waals surface area (Å²) in [5.74, 6) is -1.48. The van der Waals surface area contributed by atoms with Crippen molar-refractivity contribution >= 4 is 17.8 Å². The number of esters is 1. The second-order valence-corrected chi connectivity index (χ2v) is 7.17. The van der Waals surface area contributed by atoms with Gasteiger partial charge < -0.3 is 14.5 Å². The number of halogens is 1. The van der Waals surface area contributed by atoms with E-state index >= 15 is 0 Å². The number of ether oxygens (including phenoxy) is 1. The van der Waals surface area contributed by atoms with Crippen molar-refractivity contribution in [1.82, 2.24) is 19.6 Å². The minimum absolute atomic E-state index is 0.102. The molecule has 1 aliphatic rings. The fourth-order valence-corrected chi connectivity index (χ4v) is 3.40. The highest BCUT2D eigenvalue weighted by atomic mass is 19.1. The van der Waals surface area contributed by atoms with Crippen molar-refractivity contribution in [2.24, 2.45) is 5.92 Å². The summed E-state index contributed by atoms with van der Waals surface area (Å²) in [6, 6.07) is 7.61. The zero-order valence-corrected chi connectivity index (χ0v) is 17.1. The van der Waals surface area contributed by atoms with E-state index in [1.54, 1.807) is 30.0 Å². The van der Waals surface area contributed by atoms with E-state index in [1.807, 2.05) is 0 Å². The van der Waals surface area contributed by atoms with Gasteiger partial charge in [-0.25, -0.2) is 9.07 Å². The maximum absolute atomic E-state index is 13.9. The normalized spacial score (nSPS) is 14.4. The van der Waals surface area contributed by atoms with E-state index in [-0.39, 0.29) is 35.7 Å². The molecule has 1 aliphatic heterocycles. The summed E-state index contributed by atoms with van der Waals surface area (Å²) in [6.45, 7) is 2.91. The summed E-state index contributed by atoms with van der Waals surface area (Å²) in [7, 11) is 1.52. The number of carbonyl (C=O) groups excluding carboxylic acids is 3. The van der Waals surface area contributed by atoms with Crippen LogP contribution in [0.5, 0.6) is 0 Å². The highest BCUT2D eigenvalue weighted by Gasteiger charge is 2.29. The van der Waals surface area contributed by atoms with Crippen molar-refractivity contribution in [3.8, 4) is 5.69 Å². The minimum Gasteiger partial charge on any atom is -0.466 e. The number of benzene rings is 1. The minimum atomic E-state index is -0.450. The number of likely N-dealkylation sites (N-methyl/N-ethyl adjacent to an activating group) is 1. The van der Waals surface area contributed by atoms with E-state index in [4.69, 9.17) is 4.74 Å². The molecule has 0 bridgehead atoms. The molecular weight excluding hydrogens is 391 g/mol. The summed E-state index contributed by atoms with van der Waals surface area (Å²) in [5, 5.41) is 4.14. The molecule has 30 heavy (non-hydrogen) atoms. The number of aromatic nitrogens is 2. The molecule has 160 valence electrons. The maximum atomic E-state index is 13.9. The van der Waals surface area contributed by atoms with Crippen LogP contribution in [0.4, 0.5) is 4.39 Å². The van der Waals surface area contributed by atoms with Crippen molar-refractivity contribution in [2.45, 2.75) is 19.8 Å². The molecule has 2 heterocycles. The lowest BCUT2D eigenvalue weighted by Gasteiger charge is -2.32. The van der Waals surface area contributed by atoms with Gasteiger partial charge in [0.1, 0.15) is 11.5 Å². The molecule has 0 aliphatic carbocycles. The van der Waals surface area contributed by atoms with Crippen LogP contribution in [0.1, 0.15) is 30.3 Å². The highest BCUT2D eigenvalue weighted by molar-refractivity contribution is 5.94. The second-order valence-electron chi connectivity index (χ2n) is 7.17. The van der Waals surface area contributed by atoms with Gasteiger partial charge in [-0.2, -0.15) is 5.10 Å². The largest absolute Gasteiger partial charge is 0.466 e. The molecule has 0 spiro atoms. The van der Waals surface area contributed by atoms with Gasteiger partial charge in [0.25, 0.3) is 5.91 Å². The van der Waals surface area contributed by atoms with Gasteiger partial charge in [0.2, 0.25) is 5.91 Å². The Labute approximate surface area is 174 Å². The third-order valence-corrected chi connectivity index (χ3v) is 5.09. The molecule has 2 aromatic rings. The zero-order valence-electron chi connectivity index (χ0n) is 17.1. The first-order valence-electron chi connectivity index (χ1n) is 9.91. The first-order chi connectivity index (χ1) is 14.4. The van der Waals surface area contributed by atoms with Gasteiger partial charge in [-0.05, 0) is 38.0 Å². The van der Waals surface area contributed by atoms with Gasteiger partial charge in [0.05, 0.1) is 19.1 Å². The standard InChI is InChI=1S/C21H25FN4O4/c1-3-30-21(29)15-8-11-25(12-9-15)19(27)14-24(2)20(28)17-10-13-26(23-17)18-7-5-4-6-16(18)22/h4-7,10,13,15H,3,8-9,11-12,14H2,1-2H3. The van der Waals surface area contributed by atoms with Crippen LogP contribution in [0.15, 0.2) is 36.5 Å². The van der Waals surface area contributed by atoms with Gasteiger partial charge >= 0.3 is 5.97 Å². The number of para-hydroxylation sites is 1. The van der Waals surface area contributed by atoms with Crippen molar-refractivity contribution in [2.75, 3.05) is 33.3 Å². The van der Waals surface area contributed by atoms with E-state index < -0.39 is 11.7 Å². The number of hydrogen-bond donors (Lipinski definition) is 0. The Balaban J connectivity index is 1.55. The van der Waals surface area contributed by atoms with Gasteiger partial charge in [-0.1, -0.05) is 12.1 Å². The summed E-state index contributed by atoms with van der Waals surface area (Å²) in [5.41, 5.74) is 0.356. The smallest absolute Gasteiger partial charge is 0.309 e. The number of piperidine rings is 1. The second kappa shape index (κ2) is 9.51. The Bertz CT molecular complexity index is 921. The lowest BCUT2D eigenvalue weighted by Crippen LogP contribution is -2.45. The fraction of sp³-hybridized carbons (Fsp3) is 0.429. The number of hydrogen-bond acceptors (Lipinski definition) is 5. The molecule has 9 heteroatoms. The van der Waals surface area contributed by atoms with Crippen LogP contribution in [0.25, 0.3) is 5.69 Å². The molecule has 0 unspecified atom stereocenters. The summed E-state index contributed by atoms with van der Waals surface area (Å²) in [4.78, 5) is 39.9. The first kappa shape index (κ1) is 21.5. The van der Waals surface area contributed by atoms with Gasteiger partial charge in [0, 0.05) is 26.3 Å². The lowest BCUT2D eigenvalue weighted by atomic mass is 9.97. The van der Waals surface area contributed by atoms with Crippen LogP contribution < -0.4 is 0 Å². The topological polar surface area (TPSA) is 84.7 Å². The Hall–Kier alpha value is -3.23. The predicted molar refractivity (Wildman–Crippen MR) is 106 cm³/mol. The van der Waals surface area contributed by atoms with E-state index in [0.717, 1.165) is 0 Å². The number of likely N-dealkylation sites (tertiary alicyclic amines) is 1. The van der Waals surface area contributed by atoms with E-state index in [9.17, 15) is 18.8 Å². The molecule has 1 fully saturated rings. The molecule has 8 nitrogen and oxygen atoms in total. The van der Waals surface area contributed by atoms with Crippen molar-refractivity contribution in [3.63, 3.8) is 0 Å². The summed E-state index contributed by atoms with van der Waals surface area (Å²) < 4.78 is 20.2. The van der Waals surface area contributed by atoms with Crippen LogP contribution in [-0.4, -0.2) is 70.7 Å². The molecule has 1 aromatic carbocycles. The van der Waals surface area contributed by atoms with E-state index in [2.05, 4.69) is 5.10 Å². The molecule has 1 aromatic heterocycles. The van der Waals surface area contributed by atoms with Crippen LogP contribution in [0.3, 0.4) is 0 Å². The van der Waals surface area contributed by atoms with E-state index in [0.29, 0.717) is 32.5 Å². The van der Waals surface area contributed by atoms with Gasteiger partial charge in [-0.15, -0.1) is 0 Å². The Morgan fingerprint density at radius 3 is 2.57 bits per heavy atom. The van der Waals surface area contributed by atoms with Crippen molar-refractivity contribution in [1.29, 1.82) is 0 Å². The fourth-order valence-electron chi connectivity index (χ4n) is 3.40. The number of amides is 2. The highest BCUT2D eigenvalue weighted by Crippen LogP contribution is 2.19. The van der Waals surface area contributed by atoms with Crippen LogP contribution in [0.2, 0.25) is 0 Å². The van der Waals surface area contributed by atoms with Crippen LogP contribution >= 0.6 is 0 Å². The molecule has 0 radical (unpaired) electrons. The quantitative estimate of drug-likeness (QED) is 0.672. The predicted octanol–water partition coefficient (Wildman–Crippen LogP) is 1.89. The van der Waals surface area contributed by atoms with Crippen molar-refractivity contribution < 1.29 is 23.5 Å². The average molecular weight is 416 g/mol.